The van der Waals surface area contributed by atoms with Crippen LogP contribution >= 0.6 is 0 Å². The van der Waals surface area contributed by atoms with Crippen LogP contribution < -0.4 is 15.0 Å². The third-order valence-corrected chi connectivity index (χ3v) is 6.95. The van der Waals surface area contributed by atoms with Crippen molar-refractivity contribution in [3.05, 3.63) is 65.2 Å². The van der Waals surface area contributed by atoms with Crippen LogP contribution in [0.5, 0.6) is 5.75 Å². The second-order valence-electron chi connectivity index (χ2n) is 7.34. The SMILES string of the molecule is COc1ccc(C2=C(C)C(=O)N(CC(=O)NCc3ccc(N(C)C)cc3)S2(=O)=O)cc1. The Morgan fingerprint density at radius 2 is 1.68 bits per heavy atom. The van der Waals surface area contributed by atoms with Crippen molar-refractivity contribution in [3.8, 4) is 5.75 Å². The molecule has 0 saturated heterocycles. The number of nitrogens with one attached hydrogen (secondary N) is 1. The average Bonchev–Trinajstić information content (AvgIpc) is 2.91. The second kappa shape index (κ2) is 8.81. The minimum atomic E-state index is -4.14. The maximum atomic E-state index is 13.0. The Morgan fingerprint density at radius 1 is 1.06 bits per heavy atom. The summed E-state index contributed by atoms with van der Waals surface area (Å²) in [6.45, 7) is 1.10. The van der Waals surface area contributed by atoms with Crippen LogP contribution in [0, 0.1) is 0 Å². The number of amides is 2. The van der Waals surface area contributed by atoms with Crippen molar-refractivity contribution in [2.24, 2.45) is 0 Å². The number of methoxy groups -OCH3 is 1. The van der Waals surface area contributed by atoms with Crippen LogP contribution in [0.3, 0.4) is 0 Å². The first-order chi connectivity index (χ1) is 14.6. The van der Waals surface area contributed by atoms with Crippen LogP contribution in [-0.2, 0) is 26.2 Å². The maximum Gasteiger partial charge on any atom is 0.268 e. The standard InChI is InChI=1S/C22H25N3O5S/c1-15-21(17-7-11-19(30-4)12-8-17)31(28,29)25(22(15)27)14-20(26)23-13-16-5-9-18(10-6-16)24(2)3/h5-12H,13-14H2,1-4H3,(H,23,26). The van der Waals surface area contributed by atoms with Crippen LogP contribution in [0.2, 0.25) is 0 Å². The highest BCUT2D eigenvalue weighted by atomic mass is 32.2. The molecule has 1 aliphatic rings. The van der Waals surface area contributed by atoms with Gasteiger partial charge in [-0.25, -0.2) is 12.7 Å². The smallest absolute Gasteiger partial charge is 0.268 e. The topological polar surface area (TPSA) is 96.0 Å². The third-order valence-electron chi connectivity index (χ3n) is 5.02. The van der Waals surface area contributed by atoms with E-state index in [-0.39, 0.29) is 17.0 Å². The van der Waals surface area contributed by atoms with Gasteiger partial charge in [-0.1, -0.05) is 12.1 Å². The van der Waals surface area contributed by atoms with Crippen molar-refractivity contribution in [2.75, 3.05) is 32.6 Å². The number of rotatable bonds is 7. The van der Waals surface area contributed by atoms with Gasteiger partial charge in [0.15, 0.2) is 0 Å². The molecule has 0 aromatic heterocycles. The maximum absolute atomic E-state index is 13.0. The fourth-order valence-electron chi connectivity index (χ4n) is 3.26. The molecule has 2 amide bonds. The van der Waals surface area contributed by atoms with Gasteiger partial charge in [0.1, 0.15) is 17.2 Å². The predicted octanol–water partition coefficient (Wildman–Crippen LogP) is 1.98. The summed E-state index contributed by atoms with van der Waals surface area (Å²) >= 11 is 0. The lowest BCUT2D eigenvalue weighted by atomic mass is 10.1. The second-order valence-corrected chi connectivity index (χ2v) is 9.14. The third kappa shape index (κ3) is 4.56. The number of carbonyl (C=O) groups excluding carboxylic acids is 2. The van der Waals surface area contributed by atoms with Crippen molar-refractivity contribution < 1.29 is 22.7 Å². The molecule has 0 aliphatic carbocycles. The molecule has 2 aromatic rings. The Labute approximate surface area is 182 Å². The first kappa shape index (κ1) is 22.4. The largest absolute Gasteiger partial charge is 0.497 e. The fourth-order valence-corrected chi connectivity index (χ4v) is 5.03. The quantitative estimate of drug-likeness (QED) is 0.703. The lowest BCUT2D eigenvalue weighted by Crippen LogP contribution is -2.40. The number of nitrogens with zero attached hydrogens (tertiary/aromatic N) is 2. The molecule has 0 bridgehead atoms. The summed E-state index contributed by atoms with van der Waals surface area (Å²) in [6.07, 6.45) is 0. The molecule has 3 rings (SSSR count). The van der Waals surface area contributed by atoms with E-state index < -0.39 is 28.4 Å². The van der Waals surface area contributed by atoms with Gasteiger partial charge in [0, 0.05) is 31.9 Å². The highest BCUT2D eigenvalue weighted by Gasteiger charge is 2.43. The Balaban J connectivity index is 1.70. The van der Waals surface area contributed by atoms with Gasteiger partial charge in [0.25, 0.3) is 15.9 Å². The lowest BCUT2D eigenvalue weighted by molar-refractivity contribution is -0.128. The number of sulfonamides is 1. The molecule has 8 nitrogen and oxygen atoms in total. The van der Waals surface area contributed by atoms with Crippen LogP contribution in [0.1, 0.15) is 18.1 Å². The Morgan fingerprint density at radius 3 is 2.23 bits per heavy atom. The summed E-state index contributed by atoms with van der Waals surface area (Å²) in [4.78, 5) is 26.9. The molecule has 0 radical (unpaired) electrons. The minimum Gasteiger partial charge on any atom is -0.497 e. The Kier molecular flexibility index (Phi) is 6.35. The van der Waals surface area contributed by atoms with Crippen LogP contribution in [-0.4, -0.2) is 52.3 Å². The molecule has 0 spiro atoms. The number of anilines is 1. The zero-order valence-electron chi connectivity index (χ0n) is 17.9. The molecular formula is C22H25N3O5S. The van der Waals surface area contributed by atoms with Crippen LogP contribution in [0.4, 0.5) is 5.69 Å². The Hall–Kier alpha value is -3.33. The van der Waals surface area contributed by atoms with E-state index in [1.54, 1.807) is 24.3 Å². The number of hydrogen-bond donors (Lipinski definition) is 1. The summed E-state index contributed by atoms with van der Waals surface area (Å²) in [6, 6.07) is 14.0. The van der Waals surface area contributed by atoms with Gasteiger partial charge < -0.3 is 15.0 Å². The first-order valence-electron chi connectivity index (χ1n) is 9.60. The van der Waals surface area contributed by atoms with E-state index in [2.05, 4.69) is 5.32 Å². The normalized spacial score (nSPS) is 15.2. The minimum absolute atomic E-state index is 0.0808. The lowest BCUT2D eigenvalue weighted by Gasteiger charge is -2.17. The molecule has 164 valence electrons. The average molecular weight is 444 g/mol. The summed E-state index contributed by atoms with van der Waals surface area (Å²) < 4.78 is 31.7. The number of ether oxygens (including phenoxy) is 1. The molecule has 0 unspecified atom stereocenters. The number of carbonyl (C=O) groups is 2. The Bertz CT molecular complexity index is 1120. The number of hydrogen-bond acceptors (Lipinski definition) is 6. The van der Waals surface area contributed by atoms with Crippen LogP contribution in [0.25, 0.3) is 4.91 Å². The molecule has 31 heavy (non-hydrogen) atoms. The molecule has 2 aromatic carbocycles. The monoisotopic (exact) mass is 443 g/mol. The molecule has 0 saturated carbocycles. The van der Waals surface area contributed by atoms with E-state index in [0.717, 1.165) is 11.3 Å². The molecule has 0 atom stereocenters. The van der Waals surface area contributed by atoms with Crippen molar-refractivity contribution in [1.82, 2.24) is 9.62 Å². The van der Waals surface area contributed by atoms with Crippen molar-refractivity contribution in [1.29, 1.82) is 0 Å². The van der Waals surface area contributed by atoms with Gasteiger partial charge in [0.05, 0.1) is 7.11 Å². The summed E-state index contributed by atoms with van der Waals surface area (Å²) in [5.74, 6) is -0.688. The molecule has 1 N–H and O–H groups in total. The summed E-state index contributed by atoms with van der Waals surface area (Å²) in [5.41, 5.74) is 2.34. The van der Waals surface area contributed by atoms with Crippen molar-refractivity contribution >= 4 is 32.4 Å². The van der Waals surface area contributed by atoms with E-state index in [9.17, 15) is 18.0 Å². The fraction of sp³-hybridized carbons (Fsp3) is 0.273. The summed E-state index contributed by atoms with van der Waals surface area (Å²) in [5, 5.41) is 2.67. The van der Waals surface area contributed by atoms with E-state index in [1.807, 2.05) is 43.3 Å². The van der Waals surface area contributed by atoms with Crippen LogP contribution in [0.15, 0.2) is 54.1 Å². The van der Waals surface area contributed by atoms with Gasteiger partial charge in [-0.2, -0.15) is 0 Å². The molecule has 9 heteroatoms. The van der Waals surface area contributed by atoms with Gasteiger partial charge in [-0.15, -0.1) is 0 Å². The zero-order valence-corrected chi connectivity index (χ0v) is 18.7. The van der Waals surface area contributed by atoms with E-state index in [0.29, 0.717) is 15.6 Å². The predicted molar refractivity (Wildman–Crippen MR) is 119 cm³/mol. The molecule has 1 aliphatic heterocycles. The summed E-state index contributed by atoms with van der Waals surface area (Å²) in [7, 11) is 1.23. The van der Waals surface area contributed by atoms with Crippen molar-refractivity contribution in [3.63, 3.8) is 0 Å². The van der Waals surface area contributed by atoms with E-state index >= 15 is 0 Å². The highest BCUT2D eigenvalue weighted by Crippen LogP contribution is 2.35. The van der Waals surface area contributed by atoms with E-state index in [4.69, 9.17) is 4.74 Å². The van der Waals surface area contributed by atoms with Gasteiger partial charge in [0.2, 0.25) is 5.91 Å². The first-order valence-corrected chi connectivity index (χ1v) is 11.0. The van der Waals surface area contributed by atoms with Gasteiger partial charge in [-0.05, 0) is 54.4 Å². The molecular weight excluding hydrogens is 418 g/mol. The number of benzene rings is 2. The van der Waals surface area contributed by atoms with E-state index in [1.165, 1.54) is 14.0 Å². The van der Waals surface area contributed by atoms with Gasteiger partial charge >= 0.3 is 0 Å². The van der Waals surface area contributed by atoms with Gasteiger partial charge in [-0.3, -0.25) is 9.59 Å². The highest BCUT2D eigenvalue weighted by molar-refractivity contribution is 7.99. The molecule has 0 fully saturated rings. The van der Waals surface area contributed by atoms with Crippen molar-refractivity contribution in [2.45, 2.75) is 13.5 Å². The zero-order chi connectivity index (χ0) is 22.8. The molecule has 1 heterocycles.